The normalized spacial score (nSPS) is 11.6. The van der Waals surface area contributed by atoms with Gasteiger partial charge in [0.2, 0.25) is 10.0 Å². The van der Waals surface area contributed by atoms with E-state index in [4.69, 9.17) is 4.74 Å². The van der Waals surface area contributed by atoms with Gasteiger partial charge < -0.3 is 4.74 Å². The van der Waals surface area contributed by atoms with Gasteiger partial charge in [-0.25, -0.2) is 8.42 Å². The molecule has 0 amide bonds. The average molecular weight is 243 g/mol. The molecule has 0 saturated heterocycles. The lowest BCUT2D eigenvalue weighted by molar-refractivity contribution is 0.416. The Morgan fingerprint density at radius 3 is 2.38 bits per heavy atom. The predicted octanol–water partition coefficient (Wildman–Crippen LogP) is 2.19. The molecule has 0 aliphatic rings. The molecule has 0 aliphatic heterocycles. The monoisotopic (exact) mass is 243 g/mol. The molecule has 0 radical (unpaired) electrons. The van der Waals surface area contributed by atoms with Crippen LogP contribution in [-0.2, 0) is 10.0 Å². The van der Waals surface area contributed by atoms with Crippen LogP contribution >= 0.6 is 0 Å². The lowest BCUT2D eigenvalue weighted by Crippen LogP contribution is -2.11. The van der Waals surface area contributed by atoms with Crippen LogP contribution < -0.4 is 9.46 Å². The molecule has 0 spiro atoms. The van der Waals surface area contributed by atoms with E-state index in [0.717, 1.165) is 11.8 Å². The van der Waals surface area contributed by atoms with E-state index in [1.165, 1.54) is 7.11 Å². The maximum absolute atomic E-state index is 11.2. The van der Waals surface area contributed by atoms with Crippen molar-refractivity contribution < 1.29 is 13.2 Å². The first-order chi connectivity index (χ1) is 7.33. The quantitative estimate of drug-likeness (QED) is 0.882. The van der Waals surface area contributed by atoms with Gasteiger partial charge in [0.15, 0.2) is 0 Å². The maximum Gasteiger partial charge on any atom is 0.229 e. The summed E-state index contributed by atoms with van der Waals surface area (Å²) in [6, 6.07) is 5.49. The molecule has 4 nitrogen and oxygen atoms in total. The van der Waals surface area contributed by atoms with Gasteiger partial charge in [-0.05, 0) is 23.6 Å². The van der Waals surface area contributed by atoms with Crippen molar-refractivity contribution in [3.8, 4) is 5.75 Å². The molecule has 0 aromatic heterocycles. The molecule has 0 atom stereocenters. The molecular weight excluding hydrogens is 226 g/mol. The third-order valence-electron chi connectivity index (χ3n) is 2.19. The number of ether oxygens (including phenoxy) is 1. The van der Waals surface area contributed by atoms with Gasteiger partial charge in [0.25, 0.3) is 0 Å². The molecule has 5 heteroatoms. The molecule has 1 aromatic rings. The molecule has 0 aliphatic carbocycles. The summed E-state index contributed by atoms with van der Waals surface area (Å²) >= 11 is 0. The summed E-state index contributed by atoms with van der Waals surface area (Å²) in [6.45, 7) is 4.10. The van der Waals surface area contributed by atoms with E-state index in [1.807, 2.05) is 19.9 Å². The number of rotatable bonds is 4. The van der Waals surface area contributed by atoms with Crippen LogP contribution in [0, 0.1) is 0 Å². The van der Waals surface area contributed by atoms with Crippen LogP contribution in [0.3, 0.4) is 0 Å². The van der Waals surface area contributed by atoms with Gasteiger partial charge in [-0.3, -0.25) is 4.72 Å². The van der Waals surface area contributed by atoms with Crippen molar-refractivity contribution in [1.82, 2.24) is 0 Å². The first kappa shape index (κ1) is 12.8. The number of methoxy groups -OCH3 is 1. The minimum Gasteiger partial charge on any atom is -0.495 e. The maximum atomic E-state index is 11.2. The Bertz CT molecular complexity index is 466. The first-order valence-corrected chi connectivity index (χ1v) is 6.88. The highest BCUT2D eigenvalue weighted by Gasteiger charge is 2.10. The van der Waals surface area contributed by atoms with Crippen molar-refractivity contribution in [2.75, 3.05) is 18.1 Å². The van der Waals surface area contributed by atoms with Crippen LogP contribution in [0.2, 0.25) is 0 Å². The summed E-state index contributed by atoms with van der Waals surface area (Å²) in [5, 5.41) is 0. The van der Waals surface area contributed by atoms with Gasteiger partial charge in [0.05, 0.1) is 19.1 Å². The summed E-state index contributed by atoms with van der Waals surface area (Å²) in [5.41, 5.74) is 1.54. The molecule has 16 heavy (non-hydrogen) atoms. The summed E-state index contributed by atoms with van der Waals surface area (Å²) in [5.74, 6) is 0.862. The van der Waals surface area contributed by atoms with Crippen LogP contribution in [-0.4, -0.2) is 21.8 Å². The fourth-order valence-corrected chi connectivity index (χ4v) is 1.92. The SMILES string of the molecule is COc1ccc(C(C)C)cc1NS(C)(=O)=O. The molecule has 0 fully saturated rings. The summed E-state index contributed by atoms with van der Waals surface area (Å²) < 4.78 is 29.9. The highest BCUT2D eigenvalue weighted by molar-refractivity contribution is 7.92. The number of sulfonamides is 1. The number of benzene rings is 1. The smallest absolute Gasteiger partial charge is 0.229 e. The lowest BCUT2D eigenvalue weighted by atomic mass is 10.0. The Morgan fingerprint density at radius 1 is 1.31 bits per heavy atom. The number of anilines is 1. The fraction of sp³-hybridized carbons (Fsp3) is 0.455. The molecule has 0 unspecified atom stereocenters. The highest BCUT2D eigenvalue weighted by Crippen LogP contribution is 2.29. The second-order valence-electron chi connectivity index (χ2n) is 3.99. The van der Waals surface area contributed by atoms with Crippen molar-refractivity contribution in [1.29, 1.82) is 0 Å². The molecule has 1 N–H and O–H groups in total. The second-order valence-corrected chi connectivity index (χ2v) is 5.74. The number of hydrogen-bond donors (Lipinski definition) is 1. The largest absolute Gasteiger partial charge is 0.495 e. The van der Waals surface area contributed by atoms with Crippen LogP contribution in [0.4, 0.5) is 5.69 Å². The first-order valence-electron chi connectivity index (χ1n) is 4.99. The van der Waals surface area contributed by atoms with Gasteiger partial charge in [0.1, 0.15) is 5.75 Å². The van der Waals surface area contributed by atoms with E-state index >= 15 is 0 Å². The van der Waals surface area contributed by atoms with Crippen molar-refractivity contribution in [3.63, 3.8) is 0 Å². The Kier molecular flexibility index (Phi) is 3.80. The van der Waals surface area contributed by atoms with Crippen molar-refractivity contribution in [2.24, 2.45) is 0 Å². The van der Waals surface area contributed by atoms with Gasteiger partial charge in [0, 0.05) is 0 Å². The second kappa shape index (κ2) is 4.74. The van der Waals surface area contributed by atoms with Crippen molar-refractivity contribution >= 4 is 15.7 Å². The minimum absolute atomic E-state index is 0.339. The van der Waals surface area contributed by atoms with Crippen LogP contribution in [0.25, 0.3) is 0 Å². The van der Waals surface area contributed by atoms with Crippen molar-refractivity contribution in [3.05, 3.63) is 23.8 Å². The third kappa shape index (κ3) is 3.41. The summed E-state index contributed by atoms with van der Waals surface area (Å²) in [6.07, 6.45) is 1.12. The predicted molar refractivity (Wildman–Crippen MR) is 65.5 cm³/mol. The third-order valence-corrected chi connectivity index (χ3v) is 2.78. The summed E-state index contributed by atoms with van der Waals surface area (Å²) in [7, 11) is -1.77. The Morgan fingerprint density at radius 2 is 1.94 bits per heavy atom. The topological polar surface area (TPSA) is 55.4 Å². The van der Waals surface area contributed by atoms with Crippen LogP contribution in [0.1, 0.15) is 25.3 Å². The Labute approximate surface area is 96.7 Å². The summed E-state index contributed by atoms with van der Waals surface area (Å²) in [4.78, 5) is 0. The Balaban J connectivity index is 3.17. The molecule has 0 heterocycles. The minimum atomic E-state index is -3.28. The van der Waals surface area contributed by atoms with E-state index in [2.05, 4.69) is 4.72 Å². The standard InChI is InChI=1S/C11H17NO3S/c1-8(2)9-5-6-11(15-3)10(7-9)12-16(4,13)14/h5-8,12H,1-4H3. The molecule has 90 valence electrons. The number of nitrogens with one attached hydrogen (secondary N) is 1. The van der Waals surface area contributed by atoms with Crippen LogP contribution in [0.5, 0.6) is 5.75 Å². The van der Waals surface area contributed by atoms with Gasteiger partial charge in [-0.1, -0.05) is 19.9 Å². The Hall–Kier alpha value is -1.23. The van der Waals surface area contributed by atoms with Crippen LogP contribution in [0.15, 0.2) is 18.2 Å². The molecule has 1 aromatic carbocycles. The zero-order chi connectivity index (χ0) is 12.3. The van der Waals surface area contributed by atoms with E-state index in [0.29, 0.717) is 17.4 Å². The van der Waals surface area contributed by atoms with Gasteiger partial charge in [-0.15, -0.1) is 0 Å². The van der Waals surface area contributed by atoms with Gasteiger partial charge in [-0.2, -0.15) is 0 Å². The molecular formula is C11H17NO3S. The number of hydrogen-bond acceptors (Lipinski definition) is 3. The fourth-order valence-electron chi connectivity index (χ4n) is 1.36. The lowest BCUT2D eigenvalue weighted by Gasteiger charge is -2.13. The van der Waals surface area contributed by atoms with E-state index < -0.39 is 10.0 Å². The highest BCUT2D eigenvalue weighted by atomic mass is 32.2. The van der Waals surface area contributed by atoms with E-state index in [9.17, 15) is 8.42 Å². The molecule has 0 bridgehead atoms. The van der Waals surface area contributed by atoms with Crippen molar-refractivity contribution in [2.45, 2.75) is 19.8 Å². The zero-order valence-corrected chi connectivity index (χ0v) is 10.8. The average Bonchev–Trinajstić information content (AvgIpc) is 2.15. The van der Waals surface area contributed by atoms with Gasteiger partial charge >= 0.3 is 0 Å². The van der Waals surface area contributed by atoms with E-state index in [-0.39, 0.29) is 0 Å². The molecule has 0 saturated carbocycles. The molecule has 1 rings (SSSR count). The zero-order valence-electron chi connectivity index (χ0n) is 9.94. The van der Waals surface area contributed by atoms with E-state index in [1.54, 1.807) is 12.1 Å².